The number of nitrogens with zero attached hydrogens (tertiary/aromatic N) is 1. The first-order valence-electron chi connectivity index (χ1n) is 7.04. The lowest BCUT2D eigenvalue weighted by molar-refractivity contribution is 0.110. The van der Waals surface area contributed by atoms with Crippen molar-refractivity contribution in [3.05, 3.63) is 28.2 Å². The van der Waals surface area contributed by atoms with Gasteiger partial charge in [-0.15, -0.1) is 0 Å². The highest BCUT2D eigenvalue weighted by Crippen LogP contribution is 2.27. The van der Waals surface area contributed by atoms with E-state index < -0.39 is 10.0 Å². The van der Waals surface area contributed by atoms with Crippen LogP contribution < -0.4 is 0 Å². The molecule has 5 nitrogen and oxygen atoms in total. The maximum Gasteiger partial charge on any atom is 0.244 e. The molecule has 0 aliphatic carbocycles. The topological polar surface area (TPSA) is 55.8 Å². The van der Waals surface area contributed by atoms with Crippen LogP contribution in [-0.4, -0.2) is 52.2 Å². The molecule has 0 saturated heterocycles. The van der Waals surface area contributed by atoms with Crippen LogP contribution in [0.4, 0.5) is 0 Å². The summed E-state index contributed by atoms with van der Waals surface area (Å²) >= 11 is 11.9. The van der Waals surface area contributed by atoms with E-state index in [9.17, 15) is 8.42 Å². The Balaban J connectivity index is 3.00. The largest absolute Gasteiger partial charge is 0.380 e. The molecule has 0 unspecified atom stereocenters. The molecule has 1 aromatic carbocycles. The zero-order valence-electron chi connectivity index (χ0n) is 12.7. The molecule has 0 spiro atoms. The second-order valence-corrected chi connectivity index (χ2v) is 7.12. The number of halogens is 2. The molecule has 126 valence electrons. The minimum atomic E-state index is -3.76. The van der Waals surface area contributed by atoms with Crippen LogP contribution in [0, 0.1) is 0 Å². The zero-order valence-corrected chi connectivity index (χ0v) is 15.0. The van der Waals surface area contributed by atoms with Crippen LogP contribution in [0.5, 0.6) is 0 Å². The number of hydrogen-bond donors (Lipinski definition) is 0. The molecule has 0 heterocycles. The van der Waals surface area contributed by atoms with E-state index in [0.717, 1.165) is 0 Å². The van der Waals surface area contributed by atoms with Crippen molar-refractivity contribution >= 4 is 33.2 Å². The predicted octanol–water partition coefficient (Wildman–Crippen LogP) is 3.06. The fourth-order valence-electron chi connectivity index (χ4n) is 1.79. The van der Waals surface area contributed by atoms with Crippen molar-refractivity contribution in [1.82, 2.24) is 4.31 Å². The van der Waals surface area contributed by atoms with Gasteiger partial charge in [-0.3, -0.25) is 0 Å². The molecule has 0 aliphatic rings. The average molecular weight is 370 g/mol. The van der Waals surface area contributed by atoms with Gasteiger partial charge in [0.05, 0.1) is 18.2 Å². The number of sulfonamides is 1. The minimum absolute atomic E-state index is 0.00494. The first-order valence-corrected chi connectivity index (χ1v) is 9.23. The number of benzene rings is 1. The number of rotatable bonds is 10. The molecule has 0 bridgehead atoms. The van der Waals surface area contributed by atoms with E-state index in [2.05, 4.69) is 0 Å². The van der Waals surface area contributed by atoms with Crippen molar-refractivity contribution < 1.29 is 17.9 Å². The van der Waals surface area contributed by atoms with E-state index in [1.807, 2.05) is 13.8 Å². The van der Waals surface area contributed by atoms with Crippen molar-refractivity contribution in [1.29, 1.82) is 0 Å². The summed E-state index contributed by atoms with van der Waals surface area (Å²) in [5.41, 5.74) is 0. The van der Waals surface area contributed by atoms with Gasteiger partial charge in [0.15, 0.2) is 0 Å². The van der Waals surface area contributed by atoms with Crippen LogP contribution in [0.15, 0.2) is 23.1 Å². The highest BCUT2D eigenvalue weighted by molar-refractivity contribution is 7.89. The van der Waals surface area contributed by atoms with Gasteiger partial charge < -0.3 is 9.47 Å². The van der Waals surface area contributed by atoms with E-state index >= 15 is 0 Å². The van der Waals surface area contributed by atoms with Gasteiger partial charge in [0.1, 0.15) is 4.90 Å². The lowest BCUT2D eigenvalue weighted by Crippen LogP contribution is -2.37. The average Bonchev–Trinajstić information content (AvgIpc) is 2.48. The van der Waals surface area contributed by atoms with Crippen molar-refractivity contribution in [3.63, 3.8) is 0 Å². The van der Waals surface area contributed by atoms with Gasteiger partial charge in [0, 0.05) is 31.3 Å². The standard InChI is InChI=1S/C14H21Cl2NO4S/c1-3-20-9-7-17(8-10-21-4-2)22(18,19)14-11-12(15)5-6-13(14)16/h5-6,11H,3-4,7-10H2,1-2H3. The third-order valence-corrected chi connectivity index (χ3v) is 5.50. The monoisotopic (exact) mass is 369 g/mol. The summed E-state index contributed by atoms with van der Waals surface area (Å²) in [7, 11) is -3.76. The first-order chi connectivity index (χ1) is 10.4. The summed E-state index contributed by atoms with van der Waals surface area (Å²) in [6.45, 7) is 5.83. The Bertz CT molecular complexity index is 556. The Morgan fingerprint density at radius 2 is 1.59 bits per heavy atom. The Morgan fingerprint density at radius 3 is 2.09 bits per heavy atom. The van der Waals surface area contributed by atoms with Crippen LogP contribution in [0.3, 0.4) is 0 Å². The highest BCUT2D eigenvalue weighted by Gasteiger charge is 2.26. The maximum atomic E-state index is 12.8. The van der Waals surface area contributed by atoms with Crippen LogP contribution in [0.2, 0.25) is 10.0 Å². The molecule has 0 amide bonds. The molecule has 0 aromatic heterocycles. The summed E-state index contributed by atoms with van der Waals surface area (Å²) in [5, 5.41) is 0.458. The molecule has 1 rings (SSSR count). The number of hydrogen-bond acceptors (Lipinski definition) is 4. The molecule has 0 fully saturated rings. The lowest BCUT2D eigenvalue weighted by atomic mass is 10.4. The number of ether oxygens (including phenoxy) is 2. The summed E-state index contributed by atoms with van der Waals surface area (Å²) in [6, 6.07) is 4.38. The molecule has 1 aromatic rings. The molecular formula is C14H21Cl2NO4S. The van der Waals surface area contributed by atoms with Crippen molar-refractivity contribution in [2.75, 3.05) is 39.5 Å². The Morgan fingerprint density at radius 1 is 1.05 bits per heavy atom. The Labute approximate surface area is 142 Å². The Kier molecular flexibility index (Phi) is 8.67. The van der Waals surface area contributed by atoms with Gasteiger partial charge in [0.25, 0.3) is 0 Å². The van der Waals surface area contributed by atoms with E-state index in [1.165, 1.54) is 16.4 Å². The van der Waals surface area contributed by atoms with Crippen LogP contribution in [0.25, 0.3) is 0 Å². The SMILES string of the molecule is CCOCCN(CCOCC)S(=O)(=O)c1cc(Cl)ccc1Cl. The minimum Gasteiger partial charge on any atom is -0.380 e. The predicted molar refractivity (Wildman–Crippen MR) is 88.2 cm³/mol. The third-order valence-electron chi connectivity index (χ3n) is 2.89. The second-order valence-electron chi connectivity index (χ2n) is 4.37. The molecular weight excluding hydrogens is 349 g/mol. The Hall–Kier alpha value is -0.370. The molecule has 0 N–H and O–H groups in total. The van der Waals surface area contributed by atoms with Gasteiger partial charge in [-0.25, -0.2) is 8.42 Å². The van der Waals surface area contributed by atoms with Gasteiger partial charge in [-0.2, -0.15) is 4.31 Å². The zero-order chi connectivity index (χ0) is 16.6. The smallest absolute Gasteiger partial charge is 0.244 e. The maximum absolute atomic E-state index is 12.8. The molecule has 0 aliphatic heterocycles. The molecule has 0 saturated carbocycles. The van der Waals surface area contributed by atoms with Crippen LogP contribution >= 0.6 is 23.2 Å². The fourth-order valence-corrected chi connectivity index (χ4v) is 3.93. The lowest BCUT2D eigenvalue weighted by Gasteiger charge is -2.22. The van der Waals surface area contributed by atoms with E-state index in [1.54, 1.807) is 6.07 Å². The van der Waals surface area contributed by atoms with Crippen LogP contribution in [0.1, 0.15) is 13.8 Å². The second kappa shape index (κ2) is 9.70. The van der Waals surface area contributed by atoms with Gasteiger partial charge in [-0.1, -0.05) is 23.2 Å². The fraction of sp³-hybridized carbons (Fsp3) is 0.571. The third kappa shape index (κ3) is 5.68. The van der Waals surface area contributed by atoms with Crippen LogP contribution in [-0.2, 0) is 19.5 Å². The van der Waals surface area contributed by atoms with E-state index in [0.29, 0.717) is 31.5 Å². The summed E-state index contributed by atoms with van der Waals surface area (Å²) in [4.78, 5) is -0.00494. The van der Waals surface area contributed by atoms with Crippen molar-refractivity contribution in [2.24, 2.45) is 0 Å². The summed E-state index contributed by atoms with van der Waals surface area (Å²) in [5.74, 6) is 0. The van der Waals surface area contributed by atoms with Gasteiger partial charge in [-0.05, 0) is 32.0 Å². The van der Waals surface area contributed by atoms with Crippen molar-refractivity contribution in [2.45, 2.75) is 18.7 Å². The normalized spacial score (nSPS) is 12.0. The first kappa shape index (κ1) is 19.7. The summed E-state index contributed by atoms with van der Waals surface area (Å²) < 4.78 is 37.3. The summed E-state index contributed by atoms with van der Waals surface area (Å²) in [6.07, 6.45) is 0. The molecule has 0 atom stereocenters. The van der Waals surface area contributed by atoms with E-state index in [4.69, 9.17) is 32.7 Å². The van der Waals surface area contributed by atoms with E-state index in [-0.39, 0.29) is 23.0 Å². The van der Waals surface area contributed by atoms with Gasteiger partial charge >= 0.3 is 0 Å². The molecule has 8 heteroatoms. The van der Waals surface area contributed by atoms with Gasteiger partial charge in [0.2, 0.25) is 10.0 Å². The molecule has 22 heavy (non-hydrogen) atoms. The quantitative estimate of drug-likeness (QED) is 0.594. The van der Waals surface area contributed by atoms with Crippen molar-refractivity contribution in [3.8, 4) is 0 Å². The highest BCUT2D eigenvalue weighted by atomic mass is 35.5. The molecule has 0 radical (unpaired) electrons.